The molecule has 0 heterocycles. The van der Waals surface area contributed by atoms with Crippen molar-refractivity contribution in [3.63, 3.8) is 0 Å². The lowest BCUT2D eigenvalue weighted by atomic mass is 10.2. The molecule has 108 valence electrons. The van der Waals surface area contributed by atoms with Gasteiger partial charge in [0.15, 0.2) is 0 Å². The van der Waals surface area contributed by atoms with Crippen molar-refractivity contribution >= 4 is 12.0 Å². The van der Waals surface area contributed by atoms with Crippen LogP contribution in [-0.2, 0) is 4.79 Å². The average Bonchev–Trinajstić information content (AvgIpc) is 2.49. The van der Waals surface area contributed by atoms with Crippen molar-refractivity contribution < 1.29 is 4.79 Å². The number of carbonyl (C=O) groups is 1. The summed E-state index contributed by atoms with van der Waals surface area (Å²) in [5.74, 6) is 5.76. The highest BCUT2D eigenvalue weighted by Gasteiger charge is 1.83. The Morgan fingerprint density at radius 2 is 1.95 bits per heavy atom. The third-order valence-electron chi connectivity index (χ3n) is 2.69. The first-order valence-electron chi connectivity index (χ1n) is 7.11. The number of benzene rings is 1. The number of allylic oxidation sites excluding steroid dienone is 4. The largest absolute Gasteiger partial charge is 0.366 e. The molecule has 0 atom stereocenters. The molecule has 2 nitrogen and oxygen atoms in total. The number of nitrogens with two attached hydrogens (primary N) is 1. The van der Waals surface area contributed by atoms with Crippen LogP contribution < -0.4 is 5.73 Å². The summed E-state index contributed by atoms with van der Waals surface area (Å²) in [5.41, 5.74) is 6.14. The number of hydrogen-bond donors (Lipinski definition) is 1. The number of rotatable bonds is 7. The van der Waals surface area contributed by atoms with Crippen LogP contribution in [0.15, 0.2) is 60.7 Å². The fourth-order valence-corrected chi connectivity index (χ4v) is 1.63. The zero-order chi connectivity index (χ0) is 15.2. The monoisotopic (exact) mass is 279 g/mol. The van der Waals surface area contributed by atoms with Gasteiger partial charge < -0.3 is 5.73 Å². The molecule has 0 saturated heterocycles. The van der Waals surface area contributed by atoms with Gasteiger partial charge in [-0.25, -0.2) is 0 Å². The van der Waals surface area contributed by atoms with Gasteiger partial charge >= 0.3 is 0 Å². The van der Waals surface area contributed by atoms with Gasteiger partial charge in [0.05, 0.1) is 0 Å². The molecule has 0 unspecified atom stereocenters. The molecule has 0 aliphatic heterocycles. The Balaban J connectivity index is 2.08. The van der Waals surface area contributed by atoms with E-state index < -0.39 is 5.91 Å². The fourth-order valence-electron chi connectivity index (χ4n) is 1.63. The van der Waals surface area contributed by atoms with E-state index in [-0.39, 0.29) is 0 Å². The van der Waals surface area contributed by atoms with Crippen LogP contribution in [0, 0.1) is 11.8 Å². The van der Waals surface area contributed by atoms with E-state index >= 15 is 0 Å². The topological polar surface area (TPSA) is 43.1 Å². The molecule has 21 heavy (non-hydrogen) atoms. The second-order valence-corrected chi connectivity index (χ2v) is 4.50. The van der Waals surface area contributed by atoms with E-state index in [2.05, 4.69) is 24.0 Å². The predicted octanol–water partition coefficient (Wildman–Crippen LogP) is 3.86. The highest BCUT2D eigenvalue weighted by Crippen LogP contribution is 2.01. The lowest BCUT2D eigenvalue weighted by molar-refractivity contribution is -0.113. The summed E-state index contributed by atoms with van der Waals surface area (Å²) in [6.45, 7) is 0. The van der Waals surface area contributed by atoms with Gasteiger partial charge in [-0.1, -0.05) is 60.4 Å². The van der Waals surface area contributed by atoms with Gasteiger partial charge in [-0.05, 0) is 37.0 Å². The molecule has 0 bridgehead atoms. The van der Waals surface area contributed by atoms with E-state index in [1.54, 1.807) is 6.08 Å². The standard InChI is InChI=1S/C19H21NO/c20-19(21)17-13-8-6-4-2-1-3-5-7-10-14-18-15-11-9-12-16-18/h6,8-17H,1-4H2,(H2,20,21). The van der Waals surface area contributed by atoms with Crippen molar-refractivity contribution in [3.05, 3.63) is 66.3 Å². The Morgan fingerprint density at radius 1 is 1.14 bits per heavy atom. The van der Waals surface area contributed by atoms with Crippen molar-refractivity contribution in [3.8, 4) is 11.8 Å². The molecular formula is C19H21NO. The van der Waals surface area contributed by atoms with E-state index in [1.165, 1.54) is 11.6 Å². The van der Waals surface area contributed by atoms with Gasteiger partial charge in [-0.2, -0.15) is 0 Å². The van der Waals surface area contributed by atoms with Crippen molar-refractivity contribution in [1.82, 2.24) is 0 Å². The summed E-state index contributed by atoms with van der Waals surface area (Å²) in [6.07, 6.45) is 14.9. The molecule has 2 N–H and O–H groups in total. The summed E-state index contributed by atoms with van der Waals surface area (Å²) in [4.78, 5) is 10.4. The molecule has 1 aromatic carbocycles. The molecule has 0 aromatic heterocycles. The number of carbonyl (C=O) groups excluding carboxylic acids is 1. The molecule has 0 spiro atoms. The Bertz CT molecular complexity index is 556. The third-order valence-corrected chi connectivity index (χ3v) is 2.69. The minimum atomic E-state index is -0.418. The van der Waals surface area contributed by atoms with E-state index in [0.29, 0.717) is 0 Å². The normalized spacial score (nSPS) is 11.0. The van der Waals surface area contributed by atoms with E-state index in [4.69, 9.17) is 5.73 Å². The highest BCUT2D eigenvalue weighted by molar-refractivity contribution is 5.85. The van der Waals surface area contributed by atoms with Gasteiger partial charge in [-0.15, -0.1) is 0 Å². The van der Waals surface area contributed by atoms with Crippen molar-refractivity contribution in [1.29, 1.82) is 0 Å². The Morgan fingerprint density at radius 3 is 2.71 bits per heavy atom. The second-order valence-electron chi connectivity index (χ2n) is 4.50. The van der Waals surface area contributed by atoms with Crippen LogP contribution in [0.1, 0.15) is 31.2 Å². The van der Waals surface area contributed by atoms with Crippen LogP contribution in [0.5, 0.6) is 0 Å². The van der Waals surface area contributed by atoms with Crippen molar-refractivity contribution in [2.75, 3.05) is 0 Å². The summed E-state index contributed by atoms with van der Waals surface area (Å²) < 4.78 is 0. The molecule has 1 rings (SSSR count). The molecule has 2 heteroatoms. The first kappa shape index (κ1) is 16.5. The second kappa shape index (κ2) is 11.3. The van der Waals surface area contributed by atoms with Gasteiger partial charge in [0.2, 0.25) is 5.91 Å². The van der Waals surface area contributed by atoms with Crippen LogP contribution >= 0.6 is 0 Å². The Kier molecular flexibility index (Phi) is 8.90. The highest BCUT2D eigenvalue weighted by atomic mass is 16.1. The molecule has 0 aliphatic carbocycles. The van der Waals surface area contributed by atoms with Crippen LogP contribution in [0.3, 0.4) is 0 Å². The summed E-state index contributed by atoms with van der Waals surface area (Å²) in [5, 5.41) is 0. The zero-order valence-corrected chi connectivity index (χ0v) is 12.2. The van der Waals surface area contributed by atoms with Gasteiger partial charge in [0.25, 0.3) is 0 Å². The SMILES string of the molecule is NC(=O)C=CC=CCCCCC#CC=Cc1ccccc1. The fraction of sp³-hybridized carbons (Fsp3) is 0.211. The van der Waals surface area contributed by atoms with E-state index in [0.717, 1.165) is 25.7 Å². The molecule has 1 aromatic rings. The minimum absolute atomic E-state index is 0.418. The Labute approximate surface area is 127 Å². The molecular weight excluding hydrogens is 258 g/mol. The Hall–Kier alpha value is -2.53. The zero-order valence-electron chi connectivity index (χ0n) is 12.2. The first-order valence-corrected chi connectivity index (χ1v) is 7.11. The third kappa shape index (κ3) is 9.98. The van der Waals surface area contributed by atoms with Gasteiger partial charge in [0.1, 0.15) is 0 Å². The first-order chi connectivity index (χ1) is 10.3. The quantitative estimate of drug-likeness (QED) is 0.350. The average molecular weight is 279 g/mol. The van der Waals surface area contributed by atoms with Gasteiger partial charge in [-0.3, -0.25) is 4.79 Å². The number of amides is 1. The summed E-state index contributed by atoms with van der Waals surface area (Å²) in [6, 6.07) is 10.1. The number of primary amides is 1. The number of unbranched alkanes of at least 4 members (excludes halogenated alkanes) is 3. The summed E-state index contributed by atoms with van der Waals surface area (Å²) in [7, 11) is 0. The van der Waals surface area contributed by atoms with Crippen molar-refractivity contribution in [2.24, 2.45) is 5.73 Å². The van der Waals surface area contributed by atoms with Gasteiger partial charge in [0, 0.05) is 12.5 Å². The molecule has 0 saturated carbocycles. The summed E-state index contributed by atoms with van der Waals surface area (Å²) >= 11 is 0. The molecule has 0 radical (unpaired) electrons. The smallest absolute Gasteiger partial charge is 0.241 e. The lowest BCUT2D eigenvalue weighted by Crippen LogP contribution is -2.04. The number of hydrogen-bond acceptors (Lipinski definition) is 1. The maximum atomic E-state index is 10.4. The van der Waals surface area contributed by atoms with Crippen LogP contribution in [-0.4, -0.2) is 5.91 Å². The predicted molar refractivity (Wildman–Crippen MR) is 89.2 cm³/mol. The maximum absolute atomic E-state index is 10.4. The van der Waals surface area contributed by atoms with Crippen LogP contribution in [0.25, 0.3) is 6.08 Å². The lowest BCUT2D eigenvalue weighted by Gasteiger charge is -1.90. The van der Waals surface area contributed by atoms with E-state index in [1.807, 2.05) is 42.5 Å². The minimum Gasteiger partial charge on any atom is -0.366 e. The van der Waals surface area contributed by atoms with Crippen LogP contribution in [0.2, 0.25) is 0 Å². The van der Waals surface area contributed by atoms with Crippen LogP contribution in [0.4, 0.5) is 0 Å². The molecule has 0 aliphatic rings. The molecule has 0 fully saturated rings. The molecule has 1 amide bonds. The maximum Gasteiger partial charge on any atom is 0.241 e. The van der Waals surface area contributed by atoms with Crippen molar-refractivity contribution in [2.45, 2.75) is 25.7 Å². The van der Waals surface area contributed by atoms with E-state index in [9.17, 15) is 4.79 Å².